The highest BCUT2D eigenvalue weighted by Crippen LogP contribution is 2.36. The minimum absolute atomic E-state index is 0.0135. The zero-order chi connectivity index (χ0) is 22.8. The molecule has 0 radical (unpaired) electrons. The van der Waals surface area contributed by atoms with E-state index >= 15 is 0 Å². The van der Waals surface area contributed by atoms with Crippen LogP contribution in [0.15, 0.2) is 41.4 Å². The predicted molar refractivity (Wildman–Crippen MR) is 109 cm³/mol. The van der Waals surface area contributed by atoms with Crippen molar-refractivity contribution in [3.8, 4) is 5.75 Å². The van der Waals surface area contributed by atoms with Crippen molar-refractivity contribution in [3.05, 3.63) is 42.1 Å². The third kappa shape index (κ3) is 5.09. The van der Waals surface area contributed by atoms with Crippen LogP contribution in [0.3, 0.4) is 0 Å². The van der Waals surface area contributed by atoms with Gasteiger partial charge in [0.15, 0.2) is 9.84 Å². The van der Waals surface area contributed by atoms with Gasteiger partial charge >= 0.3 is 6.18 Å². The molecule has 1 unspecified atom stereocenters. The number of nitrogens with zero attached hydrogens (tertiary/aromatic N) is 2. The van der Waals surface area contributed by atoms with Crippen molar-refractivity contribution < 1.29 is 31.5 Å². The molecule has 1 aliphatic rings. The molecule has 2 N–H and O–H groups in total. The molecule has 168 valence electrons. The first-order valence-corrected chi connectivity index (χ1v) is 11.3. The highest BCUT2D eigenvalue weighted by atomic mass is 32.2. The summed E-state index contributed by atoms with van der Waals surface area (Å²) in [6.45, 7) is 1.81. The van der Waals surface area contributed by atoms with E-state index in [1.807, 2.05) is 0 Å². The maximum atomic E-state index is 13.3. The van der Waals surface area contributed by atoms with E-state index < -0.39 is 33.4 Å². The molecule has 1 saturated heterocycles. The maximum absolute atomic E-state index is 13.3. The van der Waals surface area contributed by atoms with Crippen LogP contribution >= 0.6 is 0 Å². The number of pyridine rings is 1. The average Bonchev–Trinajstić information content (AvgIpc) is 2.74. The molecular weight excluding hydrogens is 435 g/mol. The first-order chi connectivity index (χ1) is 14.5. The van der Waals surface area contributed by atoms with Gasteiger partial charge in [-0.25, -0.2) is 13.4 Å². The SMILES string of the molecule is CCS(=O)(=O)c1ccc(O)c(NC(=O)C2CCCN(c3ncccc3C(F)(F)F)C2)c1. The van der Waals surface area contributed by atoms with Gasteiger partial charge in [0.1, 0.15) is 11.6 Å². The lowest BCUT2D eigenvalue weighted by Crippen LogP contribution is -2.42. The fourth-order valence-electron chi connectivity index (χ4n) is 3.46. The lowest BCUT2D eigenvalue weighted by Gasteiger charge is -2.34. The van der Waals surface area contributed by atoms with Gasteiger partial charge in [-0.2, -0.15) is 13.2 Å². The molecule has 1 atom stereocenters. The molecule has 3 rings (SSSR count). The number of nitrogens with one attached hydrogen (secondary N) is 1. The van der Waals surface area contributed by atoms with Gasteiger partial charge in [0.25, 0.3) is 0 Å². The third-order valence-corrected chi connectivity index (χ3v) is 6.88. The van der Waals surface area contributed by atoms with Crippen LogP contribution in [0.25, 0.3) is 0 Å². The molecule has 0 bridgehead atoms. The Labute approximate surface area is 177 Å². The lowest BCUT2D eigenvalue weighted by molar-refractivity contribution is -0.137. The van der Waals surface area contributed by atoms with Crippen LogP contribution in [-0.4, -0.2) is 43.3 Å². The number of phenolic OH excluding ortho intramolecular Hbond substituents is 1. The quantitative estimate of drug-likeness (QED) is 0.668. The number of carbonyl (C=O) groups is 1. The minimum Gasteiger partial charge on any atom is -0.506 e. The summed E-state index contributed by atoms with van der Waals surface area (Å²) in [4.78, 5) is 18.0. The first-order valence-electron chi connectivity index (χ1n) is 9.66. The van der Waals surface area contributed by atoms with Gasteiger partial charge in [0.2, 0.25) is 5.91 Å². The van der Waals surface area contributed by atoms with Gasteiger partial charge in [-0.1, -0.05) is 6.92 Å². The molecule has 1 aliphatic heterocycles. The fraction of sp³-hybridized carbons (Fsp3) is 0.400. The third-order valence-electron chi connectivity index (χ3n) is 5.15. The largest absolute Gasteiger partial charge is 0.506 e. The van der Waals surface area contributed by atoms with Gasteiger partial charge < -0.3 is 15.3 Å². The van der Waals surface area contributed by atoms with Crippen molar-refractivity contribution in [3.63, 3.8) is 0 Å². The topological polar surface area (TPSA) is 99.6 Å². The number of anilines is 2. The van der Waals surface area contributed by atoms with E-state index in [4.69, 9.17) is 0 Å². The van der Waals surface area contributed by atoms with Crippen molar-refractivity contribution in [1.82, 2.24) is 4.98 Å². The number of phenols is 1. The second kappa shape index (κ2) is 8.74. The van der Waals surface area contributed by atoms with Crippen LogP contribution in [0.5, 0.6) is 5.75 Å². The number of amides is 1. The summed E-state index contributed by atoms with van der Waals surface area (Å²) < 4.78 is 64.1. The van der Waals surface area contributed by atoms with Crippen LogP contribution in [0.4, 0.5) is 24.7 Å². The molecule has 1 aromatic carbocycles. The van der Waals surface area contributed by atoms with Crippen LogP contribution < -0.4 is 10.2 Å². The number of hydrogen-bond acceptors (Lipinski definition) is 6. The summed E-state index contributed by atoms with van der Waals surface area (Å²) in [6, 6.07) is 5.75. The van der Waals surface area contributed by atoms with Crippen molar-refractivity contribution in [2.75, 3.05) is 29.1 Å². The molecule has 1 aromatic heterocycles. The van der Waals surface area contributed by atoms with Gasteiger partial charge in [0, 0.05) is 19.3 Å². The van der Waals surface area contributed by atoms with E-state index in [0.717, 1.165) is 6.07 Å². The summed E-state index contributed by atoms with van der Waals surface area (Å²) in [7, 11) is -3.55. The Balaban J connectivity index is 1.80. The number of hydrogen-bond donors (Lipinski definition) is 2. The molecule has 0 spiro atoms. The van der Waals surface area contributed by atoms with E-state index in [9.17, 15) is 31.5 Å². The molecule has 11 heteroatoms. The second-order valence-corrected chi connectivity index (χ2v) is 9.51. The van der Waals surface area contributed by atoms with Crippen molar-refractivity contribution in [2.24, 2.45) is 5.92 Å². The number of aromatic nitrogens is 1. The van der Waals surface area contributed by atoms with E-state index in [0.29, 0.717) is 19.4 Å². The Morgan fingerprint density at radius 3 is 2.74 bits per heavy atom. The fourth-order valence-corrected chi connectivity index (χ4v) is 4.37. The van der Waals surface area contributed by atoms with Crippen LogP contribution in [0.1, 0.15) is 25.3 Å². The van der Waals surface area contributed by atoms with Crippen LogP contribution in [0, 0.1) is 5.92 Å². The number of sulfone groups is 1. The van der Waals surface area contributed by atoms with Crippen molar-refractivity contribution in [2.45, 2.75) is 30.8 Å². The Kier molecular flexibility index (Phi) is 6.44. The second-order valence-electron chi connectivity index (χ2n) is 7.23. The molecular formula is C20H22F3N3O4S. The Hall–Kier alpha value is -2.82. The highest BCUT2D eigenvalue weighted by Gasteiger charge is 2.37. The van der Waals surface area contributed by atoms with Gasteiger partial charge in [-0.15, -0.1) is 0 Å². The monoisotopic (exact) mass is 457 g/mol. The summed E-state index contributed by atoms with van der Waals surface area (Å²) in [5.74, 6) is -1.86. The van der Waals surface area contributed by atoms with Crippen molar-refractivity contribution in [1.29, 1.82) is 0 Å². The van der Waals surface area contributed by atoms with Crippen molar-refractivity contribution >= 4 is 27.2 Å². The van der Waals surface area contributed by atoms with E-state index in [-0.39, 0.29) is 34.4 Å². The number of carbonyl (C=O) groups excluding carboxylic acids is 1. The predicted octanol–water partition coefficient (Wildman–Crippen LogP) is 3.45. The Morgan fingerprint density at radius 1 is 1.32 bits per heavy atom. The highest BCUT2D eigenvalue weighted by molar-refractivity contribution is 7.91. The molecule has 7 nitrogen and oxygen atoms in total. The molecule has 0 saturated carbocycles. The first kappa shape index (κ1) is 22.9. The normalized spacial score (nSPS) is 17.4. The number of halogens is 3. The molecule has 31 heavy (non-hydrogen) atoms. The summed E-state index contributed by atoms with van der Waals surface area (Å²) in [6.07, 6.45) is -2.39. The number of alkyl halides is 3. The molecule has 2 aromatic rings. The molecule has 0 aliphatic carbocycles. The zero-order valence-corrected chi connectivity index (χ0v) is 17.5. The van der Waals surface area contributed by atoms with Crippen LogP contribution in [0.2, 0.25) is 0 Å². The zero-order valence-electron chi connectivity index (χ0n) is 16.7. The average molecular weight is 457 g/mol. The van der Waals surface area contributed by atoms with Crippen LogP contribution in [-0.2, 0) is 20.8 Å². The Morgan fingerprint density at radius 2 is 2.06 bits per heavy atom. The van der Waals surface area contributed by atoms with E-state index in [2.05, 4.69) is 10.3 Å². The van der Waals surface area contributed by atoms with Gasteiger partial charge in [-0.3, -0.25) is 4.79 Å². The summed E-state index contributed by atoms with van der Waals surface area (Å²) >= 11 is 0. The summed E-state index contributed by atoms with van der Waals surface area (Å²) in [5.41, 5.74) is -0.934. The summed E-state index contributed by atoms with van der Waals surface area (Å²) in [5, 5.41) is 12.5. The van der Waals surface area contributed by atoms with E-state index in [1.54, 1.807) is 0 Å². The standard InChI is InChI=1S/C20H22F3N3O4S/c1-2-31(29,30)14-7-8-17(27)16(11-14)25-19(28)13-5-4-10-26(12-13)18-15(20(21,22)23)6-3-9-24-18/h3,6-9,11,13,27H,2,4-5,10,12H2,1H3,(H,25,28). The molecule has 1 amide bonds. The Bertz CT molecular complexity index is 1070. The maximum Gasteiger partial charge on any atom is 0.419 e. The number of piperidine rings is 1. The molecule has 1 fully saturated rings. The smallest absolute Gasteiger partial charge is 0.419 e. The van der Waals surface area contributed by atoms with Gasteiger partial charge in [0.05, 0.1) is 27.8 Å². The molecule has 2 heterocycles. The number of rotatable bonds is 5. The number of aromatic hydroxyl groups is 1. The van der Waals surface area contributed by atoms with E-state index in [1.165, 1.54) is 42.3 Å². The van der Waals surface area contributed by atoms with Gasteiger partial charge in [-0.05, 0) is 43.2 Å². The lowest BCUT2D eigenvalue weighted by atomic mass is 9.96. The number of benzene rings is 1. The minimum atomic E-state index is -4.57.